The largest absolute Gasteiger partial charge is 0.478 e. The monoisotopic (exact) mass is 1660 g/mol. The molecule has 0 N–H and O–H groups in total. The first-order chi connectivity index (χ1) is 44.8. The van der Waals surface area contributed by atoms with Crippen molar-refractivity contribution in [3.8, 4) is 0 Å². The summed E-state index contributed by atoms with van der Waals surface area (Å²) in [5, 5.41) is 2.69. The smallest absolute Gasteiger partial charge is 0.416 e. The number of rotatable bonds is 8. The molecule has 1 heterocycles. The molecule has 1 aliphatic heterocycles. The van der Waals surface area contributed by atoms with E-state index >= 15 is 0 Å². The van der Waals surface area contributed by atoms with Crippen LogP contribution in [0.3, 0.4) is 0 Å². The molecule has 0 spiro atoms. The zero-order valence-electron chi connectivity index (χ0n) is 51.4. The number of alkyl halides is 24. The Labute approximate surface area is 582 Å². The molecule has 99 heavy (non-hydrogen) atoms. The first kappa shape index (κ1) is 84.4. The summed E-state index contributed by atoms with van der Waals surface area (Å²) < 4.78 is 347. The van der Waals surface area contributed by atoms with Gasteiger partial charge in [-0.15, -0.1) is 0 Å². The molecule has 30 heteroatoms. The summed E-state index contributed by atoms with van der Waals surface area (Å²) in [6, 6.07) is 12.9. The van der Waals surface area contributed by atoms with Gasteiger partial charge in [0.25, 0.3) is 0 Å². The van der Waals surface area contributed by atoms with E-state index in [4.69, 9.17) is 9.73 Å². The third-order valence-corrected chi connectivity index (χ3v) is 17.8. The second-order valence-corrected chi connectivity index (χ2v) is 25.4. The van der Waals surface area contributed by atoms with Crippen LogP contribution >= 0.6 is 7.92 Å². The zero-order valence-corrected chi connectivity index (χ0v) is 55.8. The fourth-order valence-corrected chi connectivity index (χ4v) is 13.0. The molecule has 0 unspecified atom stereocenters. The standard InChI is InChI=1S/C32H12BF24.C24H25NOP.C8H12.C5H5.Fe.Ir/c34-25(35,36)13-1-14(26(37,38)39)6-21(5-13)33(22-7-15(27(40,41)42)2-16(8-22)28(43,44)45,23-9-17(29(46,47)48)3-18(10-23)30(49,50)51)24-11-19(31(52,53)54)4-20(12-24)32(55,56)57;1-24(2,3)22-17-26-23(25-22)20-15-10-16-21(20)27(18-11-6-4-7-12-18)19-13-8-5-9-14-19;1-2-4-6-8-7-5-3-1;1-2-4-5-3-1;;/h1-12H;4-16,22H,17H2,1-3H3;1-2,7-8H,3-6H2;1-5H;;/q-1;;;;;/t;22-;;;;/m.1..../s1. The Morgan fingerprint density at radius 1 is 0.364 bits per heavy atom. The van der Waals surface area contributed by atoms with E-state index in [-0.39, 0.29) is 48.6 Å². The van der Waals surface area contributed by atoms with Crippen molar-refractivity contribution in [1.29, 1.82) is 0 Å². The van der Waals surface area contributed by atoms with Gasteiger partial charge >= 0.3 is 49.4 Å². The van der Waals surface area contributed by atoms with Crippen LogP contribution in [0.4, 0.5) is 105 Å². The Bertz CT molecular complexity index is 3080. The second kappa shape index (κ2) is 33.5. The number of nitrogens with zero attached hydrogens (tertiary/aromatic N) is 1. The van der Waals surface area contributed by atoms with Crippen molar-refractivity contribution < 1.29 is 147 Å². The average molecular weight is 1660 g/mol. The van der Waals surface area contributed by atoms with Gasteiger partial charge in [0.2, 0.25) is 0 Å². The summed E-state index contributed by atoms with van der Waals surface area (Å²) >= 11 is 0. The zero-order chi connectivity index (χ0) is 72.0. The maximum atomic E-state index is 14.2. The molecule has 0 saturated heterocycles. The maximum Gasteiger partial charge on any atom is 0.416 e. The van der Waals surface area contributed by atoms with Crippen molar-refractivity contribution in [2.24, 2.45) is 10.4 Å². The van der Waals surface area contributed by atoms with Gasteiger partial charge in [0.15, 0.2) is 5.90 Å². The third-order valence-electron chi connectivity index (χ3n) is 15.3. The Morgan fingerprint density at radius 3 is 0.838 bits per heavy atom. The molecule has 0 bridgehead atoms. The quantitative estimate of drug-likeness (QED) is 0.0845. The number of ether oxygens (including phenoxy) is 1. The van der Waals surface area contributed by atoms with Gasteiger partial charge in [0.05, 0.1) is 56.5 Å². The van der Waals surface area contributed by atoms with E-state index in [0.717, 1.165) is 11.8 Å². The fourth-order valence-electron chi connectivity index (χ4n) is 10.6. The topological polar surface area (TPSA) is 21.6 Å². The van der Waals surface area contributed by atoms with Gasteiger partial charge in [0, 0.05) is 42.8 Å². The first-order valence-electron chi connectivity index (χ1n) is 29.0. The Morgan fingerprint density at radius 2 is 0.616 bits per heavy atom. The van der Waals surface area contributed by atoms with Crippen molar-refractivity contribution in [2.45, 2.75) is 102 Å². The van der Waals surface area contributed by atoms with E-state index in [9.17, 15) is 105 Å². The minimum absolute atomic E-state index is 0. The normalized spacial score (nSPS) is 17.3. The maximum absolute atomic E-state index is 14.2. The molecule has 3 aliphatic carbocycles. The predicted octanol–water partition coefficient (Wildman–Crippen LogP) is 19.3. The van der Waals surface area contributed by atoms with Crippen LogP contribution in [-0.4, -0.2) is 24.7 Å². The van der Waals surface area contributed by atoms with Gasteiger partial charge < -0.3 is 4.74 Å². The Kier molecular flexibility index (Phi) is 28.6. The molecule has 2 nitrogen and oxygen atoms in total. The number of benzene rings is 6. The second-order valence-electron chi connectivity index (χ2n) is 23.2. The van der Waals surface area contributed by atoms with E-state index in [2.05, 4.69) is 126 Å². The number of hydrogen-bond acceptors (Lipinski definition) is 2. The molecule has 0 aromatic heterocycles. The van der Waals surface area contributed by atoms with Gasteiger partial charge in [-0.1, -0.05) is 130 Å². The molecular weight excluding hydrogens is 1600 g/mol. The van der Waals surface area contributed by atoms with Crippen molar-refractivity contribution in [3.05, 3.63) is 267 Å². The van der Waals surface area contributed by atoms with E-state index in [1.807, 2.05) is 32.1 Å². The minimum atomic E-state index is -6.13. The third kappa shape index (κ3) is 22.4. The van der Waals surface area contributed by atoms with E-state index in [1.165, 1.54) is 42.0 Å². The van der Waals surface area contributed by atoms with Crippen LogP contribution in [0.15, 0.2) is 138 Å². The molecule has 3 saturated carbocycles. The molecule has 1 atom stereocenters. The summed E-state index contributed by atoms with van der Waals surface area (Å²) in [6.45, 7) is 7.33. The van der Waals surface area contributed by atoms with Gasteiger partial charge in [-0.25, -0.2) is 4.99 Å². The van der Waals surface area contributed by atoms with Crippen LogP contribution in [0.5, 0.6) is 0 Å². The molecule has 4 aliphatic rings. The summed E-state index contributed by atoms with van der Waals surface area (Å²) in [5.41, 5.74) is -28.8. The Hall–Kier alpha value is -5.23. The number of aliphatic imine (C=N–C) groups is 1. The molecule has 3 fully saturated rings. The summed E-state index contributed by atoms with van der Waals surface area (Å²) in [4.78, 5) is 4.94. The molecule has 535 valence electrons. The van der Waals surface area contributed by atoms with Crippen molar-refractivity contribution in [2.75, 3.05) is 6.61 Å². The SMILES string of the molecule is CC(C)(C)[C@H]1COC([C]2[CH][CH][CH][C]2P(c2ccccc2)c2ccccc2)=N1.FC(F)(F)c1cc([B-](c2cc(C(F)(F)F)cc(C(F)(F)F)c2)(c2cc(C(F)(F)F)cc(C(F)(F)F)c2)c2cc(C(F)(F)F)cc(C(F)(F)F)c2)cc(C(F)(F)F)c1.[CH]1[CH]CC[CH][CH]CC1.[CH]1[CH][CH][CH][CH]1.[Fe].[Ir]. The molecular formula is C69H54BF24FeIrNOP-. The fraction of sp³-hybridized carbons (Fsp3) is 0.261. The van der Waals surface area contributed by atoms with Gasteiger partial charge in [-0.05, 0) is 151 Å². The minimum Gasteiger partial charge on any atom is -0.478 e. The van der Waals surface area contributed by atoms with Crippen LogP contribution in [0.2, 0.25) is 0 Å². The number of hydrogen-bond donors (Lipinski definition) is 0. The summed E-state index contributed by atoms with van der Waals surface area (Å²) in [5.74, 6) is 1.94. The Balaban J connectivity index is 0.000000341. The molecule has 0 amide bonds. The predicted molar refractivity (Wildman–Crippen MR) is 322 cm³/mol. The van der Waals surface area contributed by atoms with E-state index < -0.39 is 203 Å². The van der Waals surface area contributed by atoms with Crippen molar-refractivity contribution >= 4 is 52.4 Å². The molecule has 10 rings (SSSR count). The van der Waals surface area contributed by atoms with E-state index in [1.54, 1.807) is 0 Å². The van der Waals surface area contributed by atoms with Crippen LogP contribution in [0.25, 0.3) is 0 Å². The first-order valence-corrected chi connectivity index (χ1v) is 30.3. The van der Waals surface area contributed by atoms with Gasteiger partial charge in [-0.2, -0.15) is 127 Å². The average Bonchev–Trinajstić information content (AvgIpc) is 1.56. The van der Waals surface area contributed by atoms with Gasteiger partial charge in [0.1, 0.15) is 12.8 Å². The molecule has 6 aromatic carbocycles. The van der Waals surface area contributed by atoms with Crippen LogP contribution in [-0.2, 0) is 91.3 Å². The number of halogens is 24. The molecule has 6 aromatic rings. The van der Waals surface area contributed by atoms with Crippen molar-refractivity contribution in [1.82, 2.24) is 0 Å². The summed E-state index contributed by atoms with van der Waals surface area (Å²) in [6.07, 6.45) is -24.3. The van der Waals surface area contributed by atoms with Crippen LogP contribution in [0.1, 0.15) is 91.0 Å². The van der Waals surface area contributed by atoms with Crippen LogP contribution in [0, 0.1) is 94.0 Å². The summed E-state index contributed by atoms with van der Waals surface area (Å²) in [7, 11) is -0.649. The molecule has 15 radical (unpaired) electrons. The van der Waals surface area contributed by atoms with Crippen molar-refractivity contribution in [3.63, 3.8) is 0 Å². The van der Waals surface area contributed by atoms with Gasteiger partial charge in [-0.3, -0.25) is 0 Å². The van der Waals surface area contributed by atoms with Crippen LogP contribution < -0.4 is 32.5 Å². The van der Waals surface area contributed by atoms with E-state index in [0.29, 0.717) is 6.61 Å².